The van der Waals surface area contributed by atoms with Gasteiger partial charge in [-0.25, -0.2) is 4.99 Å². The van der Waals surface area contributed by atoms with E-state index in [2.05, 4.69) is 58.9 Å². The Bertz CT molecular complexity index is 620. The van der Waals surface area contributed by atoms with Crippen LogP contribution in [0.25, 0.3) is 0 Å². The van der Waals surface area contributed by atoms with E-state index in [9.17, 15) is 0 Å². The molecule has 5 heteroatoms. The SMILES string of the molecule is CCNC(=NCc1ccccc1)NCCCCOCCc1ccccc1.I. The topological polar surface area (TPSA) is 45.7 Å². The molecule has 0 saturated carbocycles. The summed E-state index contributed by atoms with van der Waals surface area (Å²) in [4.78, 5) is 4.63. The van der Waals surface area contributed by atoms with Crippen LogP contribution in [0.2, 0.25) is 0 Å². The Balaban J connectivity index is 0.00000364. The van der Waals surface area contributed by atoms with Crippen molar-refractivity contribution < 1.29 is 4.74 Å². The fourth-order valence-electron chi connectivity index (χ4n) is 2.57. The Hall–Kier alpha value is -1.60. The normalized spacial score (nSPS) is 10.9. The van der Waals surface area contributed by atoms with Gasteiger partial charge in [-0.2, -0.15) is 0 Å². The van der Waals surface area contributed by atoms with Gasteiger partial charge in [0.05, 0.1) is 13.2 Å². The van der Waals surface area contributed by atoms with Crippen molar-refractivity contribution in [3.63, 3.8) is 0 Å². The Morgan fingerprint density at radius 3 is 2.19 bits per heavy atom. The fourth-order valence-corrected chi connectivity index (χ4v) is 2.57. The first-order valence-electron chi connectivity index (χ1n) is 9.56. The second-order valence-electron chi connectivity index (χ2n) is 6.16. The largest absolute Gasteiger partial charge is 0.381 e. The van der Waals surface area contributed by atoms with E-state index in [1.165, 1.54) is 11.1 Å². The van der Waals surface area contributed by atoms with E-state index < -0.39 is 0 Å². The summed E-state index contributed by atoms with van der Waals surface area (Å²) in [6, 6.07) is 20.8. The Labute approximate surface area is 180 Å². The number of nitrogens with zero attached hydrogens (tertiary/aromatic N) is 1. The number of unbranched alkanes of at least 4 members (excludes halogenated alkanes) is 1. The first kappa shape index (κ1) is 23.4. The smallest absolute Gasteiger partial charge is 0.191 e. The van der Waals surface area contributed by atoms with Crippen LogP contribution in [-0.2, 0) is 17.7 Å². The summed E-state index contributed by atoms with van der Waals surface area (Å²) in [5, 5.41) is 6.68. The van der Waals surface area contributed by atoms with Crippen LogP contribution < -0.4 is 10.6 Å². The molecule has 4 nitrogen and oxygen atoms in total. The second-order valence-corrected chi connectivity index (χ2v) is 6.16. The molecule has 2 rings (SSSR count). The van der Waals surface area contributed by atoms with Gasteiger partial charge in [-0.05, 0) is 37.3 Å². The molecule has 0 fully saturated rings. The molecular formula is C22H32IN3O. The Kier molecular flexibility index (Phi) is 13.4. The fraction of sp³-hybridized carbons (Fsp3) is 0.409. The van der Waals surface area contributed by atoms with E-state index in [0.717, 1.165) is 51.5 Å². The van der Waals surface area contributed by atoms with E-state index in [1.54, 1.807) is 0 Å². The summed E-state index contributed by atoms with van der Waals surface area (Å²) >= 11 is 0. The maximum absolute atomic E-state index is 5.72. The number of ether oxygens (including phenoxy) is 1. The highest BCUT2D eigenvalue weighted by Gasteiger charge is 1.98. The first-order chi connectivity index (χ1) is 12.9. The maximum Gasteiger partial charge on any atom is 0.191 e. The monoisotopic (exact) mass is 481 g/mol. The number of guanidine groups is 1. The minimum absolute atomic E-state index is 0. The van der Waals surface area contributed by atoms with E-state index in [-0.39, 0.29) is 24.0 Å². The molecule has 0 amide bonds. The van der Waals surface area contributed by atoms with E-state index in [4.69, 9.17) is 4.74 Å². The molecule has 0 aliphatic rings. The highest BCUT2D eigenvalue weighted by Crippen LogP contribution is 2.01. The van der Waals surface area contributed by atoms with Gasteiger partial charge in [0.2, 0.25) is 0 Å². The summed E-state index contributed by atoms with van der Waals surface area (Å²) in [5.74, 6) is 0.876. The third-order valence-electron chi connectivity index (χ3n) is 3.99. The third-order valence-corrected chi connectivity index (χ3v) is 3.99. The molecule has 2 aromatic rings. The van der Waals surface area contributed by atoms with Gasteiger partial charge in [-0.15, -0.1) is 24.0 Å². The van der Waals surface area contributed by atoms with Crippen molar-refractivity contribution in [3.05, 3.63) is 71.8 Å². The highest BCUT2D eigenvalue weighted by molar-refractivity contribution is 14.0. The molecule has 0 aromatic heterocycles. The van der Waals surface area contributed by atoms with Gasteiger partial charge in [-0.3, -0.25) is 0 Å². The minimum atomic E-state index is 0. The van der Waals surface area contributed by atoms with Crippen LogP contribution in [0.5, 0.6) is 0 Å². The molecule has 0 aliphatic carbocycles. The van der Waals surface area contributed by atoms with Crippen LogP contribution in [0.1, 0.15) is 30.9 Å². The Morgan fingerprint density at radius 1 is 0.852 bits per heavy atom. The molecule has 2 N–H and O–H groups in total. The number of hydrogen-bond acceptors (Lipinski definition) is 2. The van der Waals surface area contributed by atoms with Crippen LogP contribution in [0.15, 0.2) is 65.7 Å². The lowest BCUT2D eigenvalue weighted by atomic mass is 10.2. The summed E-state index contributed by atoms with van der Waals surface area (Å²) in [6.45, 7) is 6.15. The molecule has 148 valence electrons. The van der Waals surface area contributed by atoms with Gasteiger partial charge in [0.25, 0.3) is 0 Å². The van der Waals surface area contributed by atoms with Crippen LogP contribution in [0.3, 0.4) is 0 Å². The van der Waals surface area contributed by atoms with Gasteiger partial charge >= 0.3 is 0 Å². The zero-order chi connectivity index (χ0) is 18.3. The van der Waals surface area contributed by atoms with E-state index in [1.807, 2.05) is 24.3 Å². The van der Waals surface area contributed by atoms with Gasteiger partial charge in [-0.1, -0.05) is 60.7 Å². The molecule has 0 atom stereocenters. The van der Waals surface area contributed by atoms with Gasteiger partial charge < -0.3 is 15.4 Å². The zero-order valence-corrected chi connectivity index (χ0v) is 18.5. The minimum Gasteiger partial charge on any atom is -0.381 e. The molecule has 0 spiro atoms. The molecule has 0 radical (unpaired) electrons. The predicted molar refractivity (Wildman–Crippen MR) is 125 cm³/mol. The number of nitrogens with one attached hydrogen (secondary N) is 2. The van der Waals surface area contributed by atoms with Crippen molar-refractivity contribution in [2.45, 2.75) is 32.7 Å². The standard InChI is InChI=1S/C22H31N3O.HI/c1-2-23-22(25-19-21-13-7-4-8-14-21)24-16-9-10-17-26-18-15-20-11-5-3-6-12-20;/h3-8,11-14H,2,9-10,15-19H2,1H3,(H2,23,24,25);1H. The molecule has 0 heterocycles. The molecule has 0 bridgehead atoms. The molecule has 0 unspecified atom stereocenters. The number of aliphatic imine (C=N–C) groups is 1. The van der Waals surface area contributed by atoms with Crippen LogP contribution in [0.4, 0.5) is 0 Å². The number of benzene rings is 2. The van der Waals surface area contributed by atoms with Crippen molar-refractivity contribution in [1.82, 2.24) is 10.6 Å². The lowest BCUT2D eigenvalue weighted by molar-refractivity contribution is 0.133. The molecule has 27 heavy (non-hydrogen) atoms. The van der Waals surface area contributed by atoms with Crippen molar-refractivity contribution in [3.8, 4) is 0 Å². The van der Waals surface area contributed by atoms with Gasteiger partial charge in [0.15, 0.2) is 5.96 Å². The number of halogens is 1. The summed E-state index contributed by atoms with van der Waals surface area (Å²) in [7, 11) is 0. The highest BCUT2D eigenvalue weighted by atomic mass is 127. The molecular weight excluding hydrogens is 449 g/mol. The van der Waals surface area contributed by atoms with Crippen molar-refractivity contribution in [2.24, 2.45) is 4.99 Å². The maximum atomic E-state index is 5.72. The van der Waals surface area contributed by atoms with E-state index in [0.29, 0.717) is 6.54 Å². The summed E-state index contributed by atoms with van der Waals surface area (Å²) in [6.07, 6.45) is 3.11. The van der Waals surface area contributed by atoms with Crippen molar-refractivity contribution in [2.75, 3.05) is 26.3 Å². The number of rotatable bonds is 11. The lowest BCUT2D eigenvalue weighted by Gasteiger charge is -2.11. The quantitative estimate of drug-likeness (QED) is 0.217. The van der Waals surface area contributed by atoms with Crippen LogP contribution >= 0.6 is 24.0 Å². The summed E-state index contributed by atoms with van der Waals surface area (Å²) in [5.41, 5.74) is 2.55. The first-order valence-corrected chi connectivity index (χ1v) is 9.56. The lowest BCUT2D eigenvalue weighted by Crippen LogP contribution is -2.37. The van der Waals surface area contributed by atoms with E-state index >= 15 is 0 Å². The molecule has 2 aromatic carbocycles. The van der Waals surface area contributed by atoms with Crippen LogP contribution in [0, 0.1) is 0 Å². The van der Waals surface area contributed by atoms with Crippen molar-refractivity contribution >= 4 is 29.9 Å². The molecule has 0 aliphatic heterocycles. The zero-order valence-electron chi connectivity index (χ0n) is 16.2. The average Bonchev–Trinajstić information content (AvgIpc) is 2.69. The third kappa shape index (κ3) is 11.0. The van der Waals surface area contributed by atoms with Crippen LogP contribution in [-0.4, -0.2) is 32.3 Å². The molecule has 0 saturated heterocycles. The van der Waals surface area contributed by atoms with Gasteiger partial charge in [0, 0.05) is 19.7 Å². The summed E-state index contributed by atoms with van der Waals surface area (Å²) < 4.78 is 5.72. The number of hydrogen-bond donors (Lipinski definition) is 2. The average molecular weight is 481 g/mol. The van der Waals surface area contributed by atoms with Crippen molar-refractivity contribution in [1.29, 1.82) is 0 Å². The van der Waals surface area contributed by atoms with Gasteiger partial charge in [0.1, 0.15) is 0 Å². The predicted octanol–water partition coefficient (Wildman–Crippen LogP) is 4.40. The Morgan fingerprint density at radius 2 is 1.52 bits per heavy atom. The second kappa shape index (κ2) is 15.5.